The summed E-state index contributed by atoms with van der Waals surface area (Å²) >= 11 is 7.40. The molecule has 1 heterocycles. The zero-order chi connectivity index (χ0) is 18.5. The number of benzene rings is 2. The first-order chi connectivity index (χ1) is 12.6. The van der Waals surface area contributed by atoms with E-state index in [-0.39, 0.29) is 4.88 Å². The zero-order valence-electron chi connectivity index (χ0n) is 13.7. The first kappa shape index (κ1) is 18.0. The lowest BCUT2D eigenvalue weighted by atomic mass is 10.2. The van der Waals surface area contributed by atoms with Crippen molar-refractivity contribution in [2.24, 2.45) is 0 Å². The minimum Gasteiger partial charge on any atom is -0.465 e. The van der Waals surface area contributed by atoms with Crippen LogP contribution in [0.1, 0.15) is 9.67 Å². The number of halogens is 1. The molecule has 0 saturated carbocycles. The lowest BCUT2D eigenvalue weighted by Gasteiger charge is -2.06. The van der Waals surface area contributed by atoms with Crippen LogP contribution in [-0.4, -0.2) is 19.2 Å². The summed E-state index contributed by atoms with van der Waals surface area (Å²) in [6.45, 7) is 0. The number of nitrogens with one attached hydrogen (secondary N) is 1. The van der Waals surface area contributed by atoms with Crippen molar-refractivity contribution in [1.82, 2.24) is 0 Å². The molecule has 0 aliphatic rings. The van der Waals surface area contributed by atoms with Crippen LogP contribution >= 0.6 is 22.9 Å². The largest absolute Gasteiger partial charge is 0.465 e. The number of ether oxygens (including phenoxy) is 2. The Morgan fingerprint density at radius 1 is 1.04 bits per heavy atom. The van der Waals surface area contributed by atoms with E-state index in [2.05, 4.69) is 5.32 Å². The highest BCUT2D eigenvalue weighted by Gasteiger charge is 2.21. The first-order valence-corrected chi connectivity index (χ1v) is 8.79. The Labute approximate surface area is 159 Å². The summed E-state index contributed by atoms with van der Waals surface area (Å²) in [4.78, 5) is 25.2. The summed E-state index contributed by atoms with van der Waals surface area (Å²) in [6, 6.07) is 17.6. The van der Waals surface area contributed by atoms with Gasteiger partial charge < -0.3 is 9.47 Å². The molecule has 26 heavy (non-hydrogen) atoms. The average Bonchev–Trinajstić information content (AvgIpc) is 3.05. The molecule has 0 fully saturated rings. The fourth-order valence-corrected chi connectivity index (χ4v) is 3.62. The number of carbonyl (C=O) groups is 2. The third-order valence-electron chi connectivity index (χ3n) is 3.43. The van der Waals surface area contributed by atoms with Gasteiger partial charge in [0.05, 0.1) is 12.8 Å². The predicted molar refractivity (Wildman–Crippen MR) is 102 cm³/mol. The van der Waals surface area contributed by atoms with Gasteiger partial charge in [0.25, 0.3) is 0 Å². The molecule has 7 heteroatoms. The van der Waals surface area contributed by atoms with Crippen molar-refractivity contribution in [1.29, 1.82) is 0 Å². The van der Waals surface area contributed by atoms with E-state index < -0.39 is 12.1 Å². The number of hydrogen-bond acceptors (Lipinski definition) is 5. The second-order valence-corrected chi connectivity index (χ2v) is 6.61. The summed E-state index contributed by atoms with van der Waals surface area (Å²) in [5, 5.41) is 3.13. The molecule has 132 valence electrons. The van der Waals surface area contributed by atoms with Crippen LogP contribution in [0.5, 0.6) is 5.75 Å². The summed E-state index contributed by atoms with van der Waals surface area (Å²) in [5.74, 6) is -0.158. The monoisotopic (exact) mass is 387 g/mol. The quantitative estimate of drug-likeness (QED) is 0.603. The molecule has 0 aliphatic heterocycles. The van der Waals surface area contributed by atoms with Gasteiger partial charge in [-0.3, -0.25) is 5.32 Å². The third-order valence-corrected chi connectivity index (χ3v) is 4.91. The molecule has 3 aromatic rings. The van der Waals surface area contributed by atoms with E-state index in [1.807, 2.05) is 24.3 Å². The fourth-order valence-electron chi connectivity index (χ4n) is 2.25. The van der Waals surface area contributed by atoms with Gasteiger partial charge in [-0.1, -0.05) is 48.0 Å². The van der Waals surface area contributed by atoms with Gasteiger partial charge in [0.1, 0.15) is 10.6 Å². The smallest absolute Gasteiger partial charge is 0.417 e. The number of esters is 1. The van der Waals surface area contributed by atoms with E-state index in [0.29, 0.717) is 16.5 Å². The van der Waals surface area contributed by atoms with Gasteiger partial charge in [0, 0.05) is 15.5 Å². The summed E-state index contributed by atoms with van der Waals surface area (Å²) in [6.07, 6.45) is -0.704. The molecule has 0 radical (unpaired) electrons. The number of thiophene rings is 1. The second-order valence-electron chi connectivity index (χ2n) is 5.15. The van der Waals surface area contributed by atoms with Gasteiger partial charge >= 0.3 is 12.1 Å². The normalized spacial score (nSPS) is 10.2. The Balaban J connectivity index is 1.89. The minimum atomic E-state index is -0.704. The molecule has 0 bridgehead atoms. The maximum Gasteiger partial charge on any atom is 0.417 e. The summed E-state index contributed by atoms with van der Waals surface area (Å²) in [5.41, 5.74) is 1.06. The van der Waals surface area contributed by atoms with Gasteiger partial charge in [-0.2, -0.15) is 0 Å². The molecular weight excluding hydrogens is 374 g/mol. The fraction of sp³-hybridized carbons (Fsp3) is 0.0526. The van der Waals surface area contributed by atoms with Crippen molar-refractivity contribution < 1.29 is 19.1 Å². The van der Waals surface area contributed by atoms with Crippen LogP contribution in [0.15, 0.2) is 60.7 Å². The molecular formula is C19H14ClNO4S. The van der Waals surface area contributed by atoms with E-state index in [0.717, 1.165) is 10.4 Å². The van der Waals surface area contributed by atoms with E-state index in [4.69, 9.17) is 21.1 Å². The highest BCUT2D eigenvalue weighted by Crippen LogP contribution is 2.38. The van der Waals surface area contributed by atoms with Crippen LogP contribution in [0.25, 0.3) is 10.4 Å². The van der Waals surface area contributed by atoms with E-state index >= 15 is 0 Å². The Bertz CT molecular complexity index is 940. The van der Waals surface area contributed by atoms with Crippen molar-refractivity contribution in [2.45, 2.75) is 0 Å². The third kappa shape index (κ3) is 4.04. The van der Waals surface area contributed by atoms with Crippen LogP contribution < -0.4 is 10.1 Å². The number of methoxy groups -OCH3 is 1. The Hall–Kier alpha value is -2.83. The lowest BCUT2D eigenvalue weighted by Crippen LogP contribution is -2.18. The van der Waals surface area contributed by atoms with Crippen molar-refractivity contribution in [3.8, 4) is 16.2 Å². The van der Waals surface area contributed by atoms with Gasteiger partial charge in [-0.05, 0) is 24.3 Å². The maximum atomic E-state index is 12.2. The SMILES string of the molecule is COC(=O)c1sc(-c2ccccc2Cl)cc1NC(=O)Oc1ccccc1. The zero-order valence-corrected chi connectivity index (χ0v) is 15.3. The van der Waals surface area contributed by atoms with Gasteiger partial charge in [0.15, 0.2) is 0 Å². The van der Waals surface area contributed by atoms with Crippen molar-refractivity contribution in [3.05, 3.63) is 70.6 Å². The number of rotatable bonds is 4. The van der Waals surface area contributed by atoms with Crippen molar-refractivity contribution in [2.75, 3.05) is 12.4 Å². The second kappa shape index (κ2) is 8.03. The maximum absolute atomic E-state index is 12.2. The number of carbonyl (C=O) groups excluding carboxylic acids is 2. The Kier molecular flexibility index (Phi) is 5.55. The molecule has 2 aromatic carbocycles. The number of hydrogen-bond donors (Lipinski definition) is 1. The number of para-hydroxylation sites is 1. The van der Waals surface area contributed by atoms with Crippen LogP contribution in [0.3, 0.4) is 0 Å². The summed E-state index contributed by atoms with van der Waals surface area (Å²) < 4.78 is 10.0. The van der Waals surface area contributed by atoms with Crippen LogP contribution in [-0.2, 0) is 4.74 Å². The van der Waals surface area contributed by atoms with E-state index in [9.17, 15) is 9.59 Å². The molecule has 0 saturated heterocycles. The van der Waals surface area contributed by atoms with Crippen LogP contribution in [0.2, 0.25) is 5.02 Å². The molecule has 0 unspecified atom stereocenters. The molecule has 0 spiro atoms. The molecule has 1 N–H and O–H groups in total. The average molecular weight is 388 g/mol. The van der Waals surface area contributed by atoms with Crippen molar-refractivity contribution >= 4 is 40.7 Å². The van der Waals surface area contributed by atoms with E-state index in [1.54, 1.807) is 36.4 Å². The lowest BCUT2D eigenvalue weighted by molar-refractivity contribution is 0.0607. The highest BCUT2D eigenvalue weighted by atomic mass is 35.5. The topological polar surface area (TPSA) is 64.6 Å². The van der Waals surface area contributed by atoms with Gasteiger partial charge in [-0.25, -0.2) is 9.59 Å². The van der Waals surface area contributed by atoms with Gasteiger partial charge in [0.2, 0.25) is 0 Å². The standard InChI is InChI=1S/C19H14ClNO4S/c1-24-18(22)17-15(21-19(23)25-12-7-3-2-4-8-12)11-16(26-17)13-9-5-6-10-14(13)20/h2-11H,1H3,(H,21,23). The van der Waals surface area contributed by atoms with Gasteiger partial charge in [-0.15, -0.1) is 11.3 Å². The number of amides is 1. The molecule has 0 atom stereocenters. The van der Waals surface area contributed by atoms with Crippen LogP contribution in [0.4, 0.5) is 10.5 Å². The molecule has 1 aromatic heterocycles. The molecule has 0 aliphatic carbocycles. The first-order valence-electron chi connectivity index (χ1n) is 7.59. The highest BCUT2D eigenvalue weighted by molar-refractivity contribution is 7.18. The Morgan fingerprint density at radius 3 is 2.42 bits per heavy atom. The van der Waals surface area contributed by atoms with Crippen LogP contribution in [0, 0.1) is 0 Å². The molecule has 1 amide bonds. The molecule has 5 nitrogen and oxygen atoms in total. The van der Waals surface area contributed by atoms with E-state index in [1.165, 1.54) is 18.4 Å². The molecule has 3 rings (SSSR count). The predicted octanol–water partition coefficient (Wildman–Crippen LogP) is 5.47. The minimum absolute atomic E-state index is 0.257. The summed E-state index contributed by atoms with van der Waals surface area (Å²) in [7, 11) is 1.28. The Morgan fingerprint density at radius 2 is 1.73 bits per heavy atom. The number of anilines is 1. The van der Waals surface area contributed by atoms with Crippen molar-refractivity contribution in [3.63, 3.8) is 0 Å².